The zero-order valence-electron chi connectivity index (χ0n) is 16.7. The van der Waals surface area contributed by atoms with Crippen LogP contribution in [-0.2, 0) is 4.79 Å². The highest BCUT2D eigenvalue weighted by molar-refractivity contribution is 6.11. The summed E-state index contributed by atoms with van der Waals surface area (Å²) in [6, 6.07) is 20.5. The number of rotatable bonds is 8. The first-order chi connectivity index (χ1) is 14.7. The molecule has 3 aromatic rings. The number of ether oxygens (including phenoxy) is 2. The number of nitrogens with one attached hydrogen (secondary N) is 1. The minimum Gasteiger partial charge on any atom is -0.494 e. The topological polar surface area (TPSA) is 71.3 Å². The lowest BCUT2D eigenvalue weighted by atomic mass is 10.0. The van der Waals surface area contributed by atoms with Crippen molar-refractivity contribution in [3.05, 3.63) is 84.5 Å². The molecule has 0 radical (unpaired) electrons. The van der Waals surface area contributed by atoms with Gasteiger partial charge in [-0.25, -0.2) is 0 Å². The molecule has 0 atom stereocenters. The maximum Gasteiger partial charge on any atom is 0.266 e. The average molecular weight is 398 g/mol. The number of benzene rings is 3. The Morgan fingerprint density at radius 2 is 1.87 bits per heavy atom. The van der Waals surface area contributed by atoms with Crippen LogP contribution in [0.15, 0.2) is 78.9 Å². The SMILES string of the molecule is C=CCOc1ccc2ccccc2c1/C=C(\C#N)C(=O)Nc1ccc(OCC)cc1. The maximum atomic E-state index is 12.7. The van der Waals surface area contributed by atoms with Crippen LogP contribution in [0.3, 0.4) is 0 Å². The number of nitriles is 1. The predicted molar refractivity (Wildman–Crippen MR) is 119 cm³/mol. The van der Waals surface area contributed by atoms with E-state index in [0.717, 1.165) is 10.8 Å². The van der Waals surface area contributed by atoms with Crippen molar-refractivity contribution in [2.45, 2.75) is 6.92 Å². The second-order valence-corrected chi connectivity index (χ2v) is 6.38. The number of carbonyl (C=O) groups excluding carboxylic acids is 1. The third kappa shape index (κ3) is 4.86. The van der Waals surface area contributed by atoms with Crippen LogP contribution in [0.5, 0.6) is 11.5 Å². The normalized spacial score (nSPS) is 10.9. The van der Waals surface area contributed by atoms with Crippen LogP contribution in [0.2, 0.25) is 0 Å². The van der Waals surface area contributed by atoms with Gasteiger partial charge in [0.15, 0.2) is 0 Å². The molecule has 3 aromatic carbocycles. The second kappa shape index (κ2) is 9.94. The van der Waals surface area contributed by atoms with Gasteiger partial charge >= 0.3 is 0 Å². The third-order valence-corrected chi connectivity index (χ3v) is 4.36. The highest BCUT2D eigenvalue weighted by Gasteiger charge is 2.14. The molecule has 0 aliphatic heterocycles. The number of amides is 1. The van der Waals surface area contributed by atoms with Gasteiger partial charge < -0.3 is 14.8 Å². The molecule has 150 valence electrons. The molecule has 0 saturated heterocycles. The van der Waals surface area contributed by atoms with Crippen LogP contribution >= 0.6 is 0 Å². The van der Waals surface area contributed by atoms with E-state index in [9.17, 15) is 10.1 Å². The van der Waals surface area contributed by atoms with Crippen molar-refractivity contribution in [2.75, 3.05) is 18.5 Å². The molecule has 1 amide bonds. The smallest absolute Gasteiger partial charge is 0.266 e. The Bertz CT molecular complexity index is 1130. The Labute approximate surface area is 175 Å². The van der Waals surface area contributed by atoms with Gasteiger partial charge in [-0.3, -0.25) is 4.79 Å². The van der Waals surface area contributed by atoms with Gasteiger partial charge in [0.05, 0.1) is 6.61 Å². The number of hydrogen-bond donors (Lipinski definition) is 1. The fourth-order valence-corrected chi connectivity index (χ4v) is 2.99. The van der Waals surface area contributed by atoms with Crippen LogP contribution in [0, 0.1) is 11.3 Å². The molecule has 0 heterocycles. The molecule has 0 bridgehead atoms. The van der Waals surface area contributed by atoms with Gasteiger partial charge in [0, 0.05) is 11.3 Å². The predicted octanol–water partition coefficient (Wildman–Crippen LogP) is 5.35. The van der Waals surface area contributed by atoms with Gasteiger partial charge in [-0.15, -0.1) is 0 Å². The Kier molecular flexibility index (Phi) is 6.86. The molecule has 0 aromatic heterocycles. The Morgan fingerprint density at radius 3 is 2.57 bits per heavy atom. The van der Waals surface area contributed by atoms with Crippen molar-refractivity contribution in [3.63, 3.8) is 0 Å². The summed E-state index contributed by atoms with van der Waals surface area (Å²) < 4.78 is 11.2. The lowest BCUT2D eigenvalue weighted by Gasteiger charge is -2.12. The molecule has 0 unspecified atom stereocenters. The number of anilines is 1. The summed E-state index contributed by atoms with van der Waals surface area (Å²) in [5, 5.41) is 14.3. The zero-order chi connectivity index (χ0) is 21.3. The molecule has 30 heavy (non-hydrogen) atoms. The summed E-state index contributed by atoms with van der Waals surface area (Å²) >= 11 is 0. The first kappa shape index (κ1) is 20.7. The zero-order valence-corrected chi connectivity index (χ0v) is 16.7. The molecule has 0 aliphatic carbocycles. The number of nitrogens with zero attached hydrogens (tertiary/aromatic N) is 1. The van der Waals surface area contributed by atoms with Crippen molar-refractivity contribution >= 4 is 28.4 Å². The minimum atomic E-state index is -0.496. The summed E-state index contributed by atoms with van der Waals surface area (Å²) in [7, 11) is 0. The van der Waals surface area contributed by atoms with Gasteiger partial charge in [0.25, 0.3) is 5.91 Å². The Morgan fingerprint density at radius 1 is 1.10 bits per heavy atom. The van der Waals surface area contributed by atoms with Gasteiger partial charge in [-0.1, -0.05) is 43.0 Å². The molecule has 5 nitrogen and oxygen atoms in total. The summed E-state index contributed by atoms with van der Waals surface area (Å²) in [6.07, 6.45) is 3.21. The summed E-state index contributed by atoms with van der Waals surface area (Å²) in [5.41, 5.74) is 1.22. The molecule has 0 aliphatic rings. The van der Waals surface area contributed by atoms with Gasteiger partial charge in [0.2, 0.25) is 0 Å². The van der Waals surface area contributed by atoms with Crippen molar-refractivity contribution in [1.82, 2.24) is 0 Å². The first-order valence-electron chi connectivity index (χ1n) is 9.57. The average Bonchev–Trinajstić information content (AvgIpc) is 2.77. The summed E-state index contributed by atoms with van der Waals surface area (Å²) in [4.78, 5) is 12.7. The quantitative estimate of drug-likeness (QED) is 0.315. The molecular weight excluding hydrogens is 376 g/mol. The second-order valence-electron chi connectivity index (χ2n) is 6.38. The van der Waals surface area contributed by atoms with E-state index >= 15 is 0 Å². The van der Waals surface area contributed by atoms with E-state index in [-0.39, 0.29) is 5.57 Å². The number of hydrogen-bond acceptors (Lipinski definition) is 4. The van der Waals surface area contributed by atoms with Gasteiger partial charge in [-0.05, 0) is 54.1 Å². The first-order valence-corrected chi connectivity index (χ1v) is 9.57. The van der Waals surface area contributed by atoms with E-state index in [2.05, 4.69) is 11.9 Å². The van der Waals surface area contributed by atoms with E-state index in [0.29, 0.717) is 36.0 Å². The van der Waals surface area contributed by atoms with Crippen LogP contribution in [-0.4, -0.2) is 19.1 Å². The monoisotopic (exact) mass is 398 g/mol. The lowest BCUT2D eigenvalue weighted by Crippen LogP contribution is -2.13. The largest absolute Gasteiger partial charge is 0.494 e. The van der Waals surface area contributed by atoms with Gasteiger partial charge in [-0.2, -0.15) is 5.26 Å². The molecule has 0 saturated carbocycles. The van der Waals surface area contributed by atoms with Crippen molar-refractivity contribution in [2.24, 2.45) is 0 Å². The fraction of sp³-hybridized carbons (Fsp3) is 0.120. The van der Waals surface area contributed by atoms with Crippen LogP contribution < -0.4 is 14.8 Å². The third-order valence-electron chi connectivity index (χ3n) is 4.36. The minimum absolute atomic E-state index is 0.0244. The maximum absolute atomic E-state index is 12.7. The van der Waals surface area contributed by atoms with Crippen molar-refractivity contribution in [3.8, 4) is 17.6 Å². The van der Waals surface area contributed by atoms with Gasteiger partial charge in [0.1, 0.15) is 29.7 Å². The molecule has 3 rings (SSSR count). The molecule has 1 N–H and O–H groups in total. The summed E-state index contributed by atoms with van der Waals surface area (Å²) in [5.74, 6) is 0.797. The van der Waals surface area contributed by atoms with Crippen LogP contribution in [0.1, 0.15) is 12.5 Å². The van der Waals surface area contributed by atoms with E-state index in [1.807, 2.05) is 49.4 Å². The Hall–Kier alpha value is -4.04. The van der Waals surface area contributed by atoms with Crippen LogP contribution in [0.4, 0.5) is 5.69 Å². The highest BCUT2D eigenvalue weighted by Crippen LogP contribution is 2.30. The van der Waals surface area contributed by atoms with Crippen molar-refractivity contribution in [1.29, 1.82) is 5.26 Å². The molecular formula is C25H22N2O3. The van der Waals surface area contributed by atoms with E-state index in [4.69, 9.17) is 9.47 Å². The molecule has 5 heteroatoms. The van der Waals surface area contributed by atoms with Crippen LogP contribution in [0.25, 0.3) is 16.8 Å². The van der Waals surface area contributed by atoms with E-state index < -0.39 is 5.91 Å². The number of fused-ring (bicyclic) bond motifs is 1. The molecule has 0 spiro atoms. The Balaban J connectivity index is 1.94. The standard InChI is InChI=1S/C25H22N2O3/c1-3-15-30-24-14-9-18-7-5-6-8-22(18)23(24)16-19(17-26)25(28)27-20-10-12-21(13-11-20)29-4-2/h3,5-14,16H,1,4,15H2,2H3,(H,27,28)/b19-16+. The highest BCUT2D eigenvalue weighted by atomic mass is 16.5. The molecule has 0 fully saturated rings. The van der Waals surface area contributed by atoms with E-state index in [1.54, 1.807) is 36.4 Å². The lowest BCUT2D eigenvalue weighted by molar-refractivity contribution is -0.112. The van der Waals surface area contributed by atoms with Crippen molar-refractivity contribution < 1.29 is 14.3 Å². The fourth-order valence-electron chi connectivity index (χ4n) is 2.99. The number of carbonyl (C=O) groups is 1. The summed E-state index contributed by atoms with van der Waals surface area (Å²) in [6.45, 7) is 6.46. The van der Waals surface area contributed by atoms with E-state index in [1.165, 1.54) is 0 Å².